The summed E-state index contributed by atoms with van der Waals surface area (Å²) < 4.78 is 142. The molecule has 20 heavy (non-hydrogen) atoms. The minimum absolute atomic E-state index is 0. The minimum atomic E-state index is -3.85. The van der Waals surface area contributed by atoms with Gasteiger partial charge in [-0.15, -0.1) is 0 Å². The van der Waals surface area contributed by atoms with Crippen LogP contribution in [0.25, 0.3) is 0 Å². The van der Waals surface area contributed by atoms with Crippen molar-refractivity contribution in [3.63, 3.8) is 0 Å². The van der Waals surface area contributed by atoms with Crippen molar-refractivity contribution in [1.29, 1.82) is 0 Å². The average molecular weight is 309 g/mol. The van der Waals surface area contributed by atoms with Crippen molar-refractivity contribution < 1.29 is 45.8 Å². The van der Waals surface area contributed by atoms with Gasteiger partial charge in [0.05, 0.1) is 34.0 Å². The van der Waals surface area contributed by atoms with E-state index >= 15 is 0 Å². The molecule has 0 spiro atoms. The lowest BCUT2D eigenvalue weighted by Crippen LogP contribution is -3.00. The molecule has 0 fully saturated rings. The van der Waals surface area contributed by atoms with Crippen LogP contribution in [0, 0.1) is 6.92 Å². The van der Waals surface area contributed by atoms with Gasteiger partial charge in [0.25, 0.3) is 0 Å². The van der Waals surface area contributed by atoms with Gasteiger partial charge in [0.15, 0.2) is 0 Å². The van der Waals surface area contributed by atoms with Crippen molar-refractivity contribution in [2.45, 2.75) is 19.4 Å². The van der Waals surface area contributed by atoms with Gasteiger partial charge in [0, 0.05) is 9.11 Å². The van der Waals surface area contributed by atoms with E-state index in [4.69, 9.17) is 28.0 Å². The first kappa shape index (κ1) is 4.49. The lowest BCUT2D eigenvalue weighted by atomic mass is 10.1. The summed E-state index contributed by atoms with van der Waals surface area (Å²) >= 11 is 0. The fraction of sp³-hybridized carbons (Fsp3) is 0.294. The Labute approximate surface area is 151 Å². The molecule has 2 N–H and O–H groups in total. The van der Waals surface area contributed by atoms with Gasteiger partial charge in [0.2, 0.25) is 0 Å². The van der Waals surface area contributed by atoms with Crippen LogP contribution in [0.5, 0.6) is 5.75 Å². The van der Waals surface area contributed by atoms with E-state index in [9.17, 15) is 0 Å². The quantitative estimate of drug-likeness (QED) is 0.779. The predicted molar refractivity (Wildman–Crippen MR) is 78.3 cm³/mol. The Morgan fingerprint density at radius 1 is 1.25 bits per heavy atom. The largest absolute Gasteiger partial charge is 1.00 e. The Hall–Kier alpha value is -1.51. The van der Waals surface area contributed by atoms with E-state index in [1.807, 2.05) is 0 Å². The van der Waals surface area contributed by atoms with Gasteiger partial charge < -0.3 is 22.5 Å². The number of halogens is 1. The van der Waals surface area contributed by atoms with Crippen molar-refractivity contribution >= 4 is 0 Å². The summed E-state index contributed by atoms with van der Waals surface area (Å²) in [5.74, 6) is -1.06. The third-order valence-electron chi connectivity index (χ3n) is 1.92. The van der Waals surface area contributed by atoms with Crippen LogP contribution in [0.2, 0.25) is 0 Å². The van der Waals surface area contributed by atoms with Crippen molar-refractivity contribution in [2.24, 2.45) is 0 Å². The van der Waals surface area contributed by atoms with Crippen molar-refractivity contribution in [2.75, 3.05) is 13.5 Å². The summed E-state index contributed by atoms with van der Waals surface area (Å²) in [7, 11) is 0. The van der Waals surface area contributed by atoms with E-state index in [1.54, 1.807) is 0 Å². The number of hydrogen-bond donors (Lipinski definition) is 1. The van der Waals surface area contributed by atoms with Crippen LogP contribution in [-0.4, -0.2) is 13.5 Å². The zero-order valence-electron chi connectivity index (χ0n) is 27.4. The molecule has 0 bridgehead atoms. The van der Waals surface area contributed by atoms with Gasteiger partial charge in [-0.2, -0.15) is 0 Å². The average Bonchev–Trinajstić information content (AvgIpc) is 2.74. The first-order chi connectivity index (χ1) is 16.0. The van der Waals surface area contributed by atoms with Crippen LogP contribution in [-0.2, 0) is 0 Å². The molecule has 2 aromatic rings. The standard InChI is InChI=1S/C17H21NO.ClH/c1-14-8-10-16(11-9-14)19-17(12-13-18-2)15-6-4-3-5-7-15;/h3-11,17-18H,12-13H2,1-2H3;1H/i2D3,3D,4D,5D,6D,7D,8D,9D,10D,11D,12D2,13D2,17D;. The maximum absolute atomic E-state index is 8.90. The van der Waals surface area contributed by atoms with Gasteiger partial charge in [-0.3, -0.25) is 0 Å². The van der Waals surface area contributed by atoms with E-state index in [2.05, 4.69) is 0 Å². The van der Waals surface area contributed by atoms with E-state index < -0.39 is 91.6 Å². The summed E-state index contributed by atoms with van der Waals surface area (Å²) in [6.45, 7) is -5.52. The first-order valence-electron chi connectivity index (χ1n) is 13.7. The smallest absolute Gasteiger partial charge is 0.129 e. The fourth-order valence-corrected chi connectivity index (χ4v) is 1.12. The van der Waals surface area contributed by atoms with E-state index in [-0.39, 0.29) is 23.3 Å². The van der Waals surface area contributed by atoms with Crippen LogP contribution in [0.15, 0.2) is 54.4 Å². The number of benzene rings is 2. The maximum Gasteiger partial charge on any atom is 0.129 e. The Kier molecular flexibility index (Phi) is 1.94. The topological polar surface area (TPSA) is 25.8 Å². The number of nitrogens with two attached hydrogens (primary N) is 1. The van der Waals surface area contributed by atoms with Gasteiger partial charge in [0.1, 0.15) is 11.8 Å². The SMILES string of the molecule is [2H]c1c([2H])c([2H])c(C([2H])(Oc2c([2H])c([2H])c(C)c([2H])c2[2H])C([2H])([2H])C([2H])([2H])[NH2+]C([2H])([2H])[2H])c([2H])c1[2H].[Cl-]. The summed E-state index contributed by atoms with van der Waals surface area (Å²) in [4.78, 5) is 0. The molecule has 0 amide bonds. The fourth-order valence-electron chi connectivity index (χ4n) is 1.12. The van der Waals surface area contributed by atoms with Crippen LogP contribution < -0.4 is 22.5 Å². The zero-order valence-corrected chi connectivity index (χ0v) is 11.1. The predicted octanol–water partition coefficient (Wildman–Crippen LogP) is -0.298. The second-order valence-electron chi connectivity index (χ2n) is 3.30. The summed E-state index contributed by atoms with van der Waals surface area (Å²) in [5.41, 5.74) is -1.37. The monoisotopic (exact) mass is 308 g/mol. The molecular weight excluding hydrogens is 270 g/mol. The van der Waals surface area contributed by atoms with Gasteiger partial charge in [-0.05, 0) is 24.6 Å². The van der Waals surface area contributed by atoms with Gasteiger partial charge in [-0.1, -0.05) is 47.9 Å². The lowest BCUT2D eigenvalue weighted by molar-refractivity contribution is -0.628. The summed E-state index contributed by atoms with van der Waals surface area (Å²) in [6.07, 6.45) is -7.57. The Balaban J connectivity index is 0.00000684. The van der Waals surface area contributed by atoms with E-state index in [0.717, 1.165) is 0 Å². The molecule has 1 atom stereocenters. The second kappa shape index (κ2) is 8.62. The lowest BCUT2D eigenvalue weighted by Gasteiger charge is -2.19. The van der Waals surface area contributed by atoms with E-state index in [1.165, 1.54) is 6.92 Å². The first-order valence-corrected chi connectivity index (χ1v) is 5.24. The molecule has 0 heterocycles. The van der Waals surface area contributed by atoms with Crippen LogP contribution in [0.3, 0.4) is 0 Å². The van der Waals surface area contributed by atoms with E-state index in [0.29, 0.717) is 0 Å². The van der Waals surface area contributed by atoms with Crippen molar-refractivity contribution in [3.8, 4) is 5.75 Å². The molecule has 2 aromatic carbocycles. The molecule has 0 saturated carbocycles. The highest BCUT2D eigenvalue weighted by Crippen LogP contribution is 2.24. The molecule has 1 unspecified atom stereocenters. The molecule has 3 heteroatoms. The third kappa shape index (κ3) is 4.87. The summed E-state index contributed by atoms with van der Waals surface area (Å²) in [6, 6.07) is -8.45. The normalized spacial score (nSPS) is 27.4. The summed E-state index contributed by atoms with van der Waals surface area (Å²) in [5, 5.41) is -0.0495. The minimum Gasteiger partial charge on any atom is -1.00 e. The number of ether oxygens (including phenoxy) is 1. The molecule has 0 saturated heterocycles. The van der Waals surface area contributed by atoms with Gasteiger partial charge >= 0.3 is 0 Å². The second-order valence-corrected chi connectivity index (χ2v) is 3.30. The molecule has 108 valence electrons. The highest BCUT2D eigenvalue weighted by Gasteiger charge is 2.13. The number of rotatable bonds is 6. The Morgan fingerprint density at radius 3 is 2.60 bits per heavy atom. The molecular formula is C17H22ClNO. The van der Waals surface area contributed by atoms with Crippen molar-refractivity contribution in [1.82, 2.24) is 0 Å². The molecule has 0 aliphatic rings. The Bertz CT molecular complexity index is 1160. The highest BCUT2D eigenvalue weighted by molar-refractivity contribution is 5.28. The van der Waals surface area contributed by atoms with Gasteiger partial charge in [-0.25, -0.2) is 0 Å². The van der Waals surface area contributed by atoms with Crippen LogP contribution in [0.1, 0.15) is 46.9 Å². The molecule has 0 aromatic heterocycles. The number of hydrogen-bond acceptors (Lipinski definition) is 1. The third-order valence-corrected chi connectivity index (χ3v) is 1.92. The van der Waals surface area contributed by atoms with Crippen LogP contribution >= 0.6 is 0 Å². The van der Waals surface area contributed by atoms with Crippen molar-refractivity contribution in [3.05, 3.63) is 65.5 Å². The number of quaternary nitrogens is 1. The maximum atomic E-state index is 8.90. The highest BCUT2D eigenvalue weighted by atomic mass is 35.5. The van der Waals surface area contributed by atoms with Crippen LogP contribution in [0.4, 0.5) is 0 Å². The molecule has 2 nitrogen and oxygen atoms in total. The molecule has 0 radical (unpaired) electrons. The molecule has 2 rings (SSSR count). The molecule has 0 aliphatic carbocycles. The Morgan fingerprint density at radius 2 is 1.95 bits per heavy atom. The molecule has 0 aliphatic heterocycles. The zero-order chi connectivity index (χ0) is 28.3.